The third-order valence-electron chi connectivity index (χ3n) is 7.41. The predicted molar refractivity (Wildman–Crippen MR) is 146 cm³/mol. The topological polar surface area (TPSA) is 135 Å². The fourth-order valence-corrected chi connectivity index (χ4v) is 5.75. The van der Waals surface area contributed by atoms with Gasteiger partial charge in [0.25, 0.3) is 23.6 Å². The van der Waals surface area contributed by atoms with Crippen LogP contribution >= 0.6 is 0 Å². The number of benzene rings is 2. The summed E-state index contributed by atoms with van der Waals surface area (Å²) in [5.41, 5.74) is 2.30. The first-order valence-electron chi connectivity index (χ1n) is 13.6. The number of aryl methyl sites for hydroxylation is 1. The molecule has 208 valence electrons. The van der Waals surface area contributed by atoms with Crippen LogP contribution in [0.5, 0.6) is 0 Å². The molecular weight excluding hydrogens is 518 g/mol. The zero-order valence-electron chi connectivity index (χ0n) is 22.3. The molecule has 0 saturated heterocycles. The number of fused-ring (bicyclic) bond motifs is 2. The molecule has 9 nitrogen and oxygen atoms in total. The van der Waals surface area contributed by atoms with E-state index in [0.717, 1.165) is 63.4 Å². The molecule has 0 aliphatic carbocycles. The molecule has 0 bridgehead atoms. The van der Waals surface area contributed by atoms with Crippen molar-refractivity contribution in [3.8, 4) is 0 Å². The lowest BCUT2D eigenvalue weighted by Gasteiger charge is -2.13. The second-order valence-electron chi connectivity index (χ2n) is 10.4. The average Bonchev–Trinajstić information content (AvgIpc) is 3.27. The highest BCUT2D eigenvalue weighted by Crippen LogP contribution is 2.26. The fraction of sp³-hybridized carbons (Fsp3) is 0.448. The van der Waals surface area contributed by atoms with Gasteiger partial charge in [-0.25, -0.2) is 13.6 Å². The van der Waals surface area contributed by atoms with Crippen LogP contribution in [0.25, 0.3) is 0 Å². The number of unbranched alkanes of at least 4 members (excludes halogenated alkanes) is 9. The molecule has 0 fully saturated rings. The van der Waals surface area contributed by atoms with Crippen LogP contribution in [0.4, 0.5) is 0 Å². The molecule has 4 amide bonds. The van der Waals surface area contributed by atoms with Crippen molar-refractivity contribution in [3.63, 3.8) is 0 Å². The molecule has 0 atom stereocenters. The van der Waals surface area contributed by atoms with Gasteiger partial charge < -0.3 is 0 Å². The largest absolute Gasteiger partial charge is 0.274 e. The Bertz CT molecular complexity index is 1400. The number of rotatable bonds is 14. The number of carbonyl (C=O) groups is 4. The van der Waals surface area contributed by atoms with Gasteiger partial charge in [0.1, 0.15) is 0 Å². The van der Waals surface area contributed by atoms with E-state index in [1.807, 2.05) is 13.0 Å². The Morgan fingerprint density at radius 2 is 0.949 bits per heavy atom. The first-order chi connectivity index (χ1) is 18.6. The maximum absolute atomic E-state index is 12.6. The minimum atomic E-state index is -3.95. The second kappa shape index (κ2) is 12.2. The molecule has 2 heterocycles. The summed E-state index contributed by atoms with van der Waals surface area (Å²) in [6, 6.07) is 9.16. The lowest BCUT2D eigenvalue weighted by molar-refractivity contribution is 0.0635. The van der Waals surface area contributed by atoms with Crippen LogP contribution in [0.1, 0.15) is 111 Å². The predicted octanol–water partition coefficient (Wildman–Crippen LogP) is 4.44. The number of imide groups is 2. The molecule has 0 unspecified atom stereocenters. The Hall–Kier alpha value is -3.37. The maximum atomic E-state index is 12.6. The molecule has 0 aromatic heterocycles. The summed E-state index contributed by atoms with van der Waals surface area (Å²) in [6.45, 7) is 2.69. The van der Waals surface area contributed by atoms with Crippen LogP contribution in [0.3, 0.4) is 0 Å². The quantitative estimate of drug-likeness (QED) is 0.272. The number of primary sulfonamides is 1. The van der Waals surface area contributed by atoms with E-state index in [1.54, 1.807) is 12.1 Å². The summed E-state index contributed by atoms with van der Waals surface area (Å²) in [5, 5.41) is 5.13. The first-order valence-corrected chi connectivity index (χ1v) is 15.1. The van der Waals surface area contributed by atoms with E-state index in [1.165, 1.54) is 28.0 Å². The van der Waals surface area contributed by atoms with E-state index in [9.17, 15) is 27.6 Å². The van der Waals surface area contributed by atoms with E-state index in [4.69, 9.17) is 5.14 Å². The Kier molecular flexibility index (Phi) is 8.97. The molecule has 2 N–H and O–H groups in total. The highest BCUT2D eigenvalue weighted by Gasteiger charge is 2.36. The molecule has 10 heteroatoms. The van der Waals surface area contributed by atoms with Crippen molar-refractivity contribution in [2.24, 2.45) is 5.14 Å². The van der Waals surface area contributed by atoms with Crippen molar-refractivity contribution in [2.45, 2.75) is 76.0 Å². The third kappa shape index (κ3) is 6.45. The summed E-state index contributed by atoms with van der Waals surface area (Å²) in [6.07, 6.45) is 9.88. The summed E-state index contributed by atoms with van der Waals surface area (Å²) >= 11 is 0. The maximum Gasteiger partial charge on any atom is 0.261 e. The van der Waals surface area contributed by atoms with Crippen molar-refractivity contribution in [3.05, 3.63) is 64.2 Å². The van der Waals surface area contributed by atoms with Crippen LogP contribution < -0.4 is 5.14 Å². The number of hydrogen-bond donors (Lipinski definition) is 1. The van der Waals surface area contributed by atoms with E-state index >= 15 is 0 Å². The van der Waals surface area contributed by atoms with Gasteiger partial charge in [-0.3, -0.25) is 29.0 Å². The SMILES string of the molecule is Cc1ccc2c(c1)C(=O)N(CCCCCCCCCCCCN1C(=O)c3ccc(S(N)(=O)=O)cc3C1=O)C2=O. The minimum absolute atomic E-state index is 0.0883. The van der Waals surface area contributed by atoms with Gasteiger partial charge in [0, 0.05) is 13.1 Å². The zero-order chi connectivity index (χ0) is 28.2. The van der Waals surface area contributed by atoms with E-state index < -0.39 is 21.8 Å². The van der Waals surface area contributed by atoms with Crippen LogP contribution in [0, 0.1) is 6.92 Å². The molecule has 39 heavy (non-hydrogen) atoms. The summed E-state index contributed by atoms with van der Waals surface area (Å²) in [7, 11) is -3.95. The van der Waals surface area contributed by atoms with Crippen molar-refractivity contribution >= 4 is 33.7 Å². The van der Waals surface area contributed by atoms with Gasteiger partial charge in [-0.1, -0.05) is 63.0 Å². The van der Waals surface area contributed by atoms with Gasteiger partial charge in [0.15, 0.2) is 0 Å². The Morgan fingerprint density at radius 1 is 0.564 bits per heavy atom. The third-order valence-corrected chi connectivity index (χ3v) is 8.32. The zero-order valence-corrected chi connectivity index (χ0v) is 23.1. The molecule has 2 aromatic rings. The van der Waals surface area contributed by atoms with Crippen LogP contribution in [0.2, 0.25) is 0 Å². The van der Waals surface area contributed by atoms with Crippen molar-refractivity contribution < 1.29 is 27.6 Å². The number of carbonyl (C=O) groups excluding carboxylic acids is 4. The molecule has 2 aromatic carbocycles. The standard InChI is InChI=1S/C29H35N3O6S/c1-20-12-14-22-24(18-20)28(35)31(26(22)33)16-10-8-6-4-2-3-5-7-9-11-17-32-27(34)23-15-13-21(39(30,37)38)19-25(23)29(32)36/h12-15,18-19H,2-11,16-17H2,1H3,(H2,30,37,38). The Balaban J connectivity index is 1.04. The summed E-state index contributed by atoms with van der Waals surface area (Å²) in [4.78, 5) is 52.5. The number of sulfonamides is 1. The highest BCUT2D eigenvalue weighted by atomic mass is 32.2. The molecular formula is C29H35N3O6S. The molecule has 4 rings (SSSR count). The second-order valence-corrected chi connectivity index (χ2v) is 11.9. The van der Waals surface area contributed by atoms with Gasteiger partial charge in [0.05, 0.1) is 27.1 Å². The fourth-order valence-electron chi connectivity index (χ4n) is 5.21. The minimum Gasteiger partial charge on any atom is -0.274 e. The van der Waals surface area contributed by atoms with Gasteiger partial charge in [-0.15, -0.1) is 0 Å². The van der Waals surface area contributed by atoms with Crippen LogP contribution in [-0.2, 0) is 10.0 Å². The van der Waals surface area contributed by atoms with E-state index in [2.05, 4.69) is 0 Å². The van der Waals surface area contributed by atoms with Gasteiger partial charge in [0.2, 0.25) is 10.0 Å². The number of hydrogen-bond acceptors (Lipinski definition) is 6. The lowest BCUT2D eigenvalue weighted by Crippen LogP contribution is -2.30. The van der Waals surface area contributed by atoms with Crippen LogP contribution in [-0.4, -0.2) is 54.9 Å². The van der Waals surface area contributed by atoms with E-state index in [-0.39, 0.29) is 27.8 Å². The molecule has 0 saturated carbocycles. The van der Waals surface area contributed by atoms with E-state index in [0.29, 0.717) is 30.6 Å². The van der Waals surface area contributed by atoms with Gasteiger partial charge in [-0.2, -0.15) is 0 Å². The lowest BCUT2D eigenvalue weighted by atomic mass is 10.1. The number of nitrogens with two attached hydrogens (primary N) is 1. The number of nitrogens with zero attached hydrogens (tertiary/aromatic N) is 2. The Morgan fingerprint density at radius 3 is 1.41 bits per heavy atom. The van der Waals surface area contributed by atoms with Crippen molar-refractivity contribution in [1.29, 1.82) is 0 Å². The van der Waals surface area contributed by atoms with Crippen LogP contribution in [0.15, 0.2) is 41.3 Å². The smallest absolute Gasteiger partial charge is 0.261 e. The summed E-state index contributed by atoms with van der Waals surface area (Å²) < 4.78 is 23.1. The normalized spacial score (nSPS) is 14.9. The molecule has 2 aliphatic heterocycles. The monoisotopic (exact) mass is 553 g/mol. The van der Waals surface area contributed by atoms with Gasteiger partial charge >= 0.3 is 0 Å². The van der Waals surface area contributed by atoms with Crippen molar-refractivity contribution in [2.75, 3.05) is 13.1 Å². The summed E-state index contributed by atoms with van der Waals surface area (Å²) in [5.74, 6) is -1.24. The molecule has 2 aliphatic rings. The van der Waals surface area contributed by atoms with Crippen molar-refractivity contribution in [1.82, 2.24) is 9.80 Å². The Labute approximate surface area is 229 Å². The molecule has 0 spiro atoms. The number of amides is 4. The average molecular weight is 554 g/mol. The highest BCUT2D eigenvalue weighted by molar-refractivity contribution is 7.89. The van der Waals surface area contributed by atoms with Gasteiger partial charge in [-0.05, 0) is 50.1 Å². The molecule has 0 radical (unpaired) electrons. The first kappa shape index (κ1) is 28.6.